The van der Waals surface area contributed by atoms with Crippen LogP contribution >= 0.6 is 0 Å². The lowest BCUT2D eigenvalue weighted by molar-refractivity contribution is -0.129. The lowest BCUT2D eigenvalue weighted by Crippen LogP contribution is -2.38. The summed E-state index contributed by atoms with van der Waals surface area (Å²) in [5, 5.41) is 6.13. The molecule has 2 rings (SSSR count). The lowest BCUT2D eigenvalue weighted by Gasteiger charge is -2.26. The molecule has 0 saturated heterocycles. The van der Waals surface area contributed by atoms with Crippen LogP contribution in [-0.4, -0.2) is 29.1 Å². The summed E-state index contributed by atoms with van der Waals surface area (Å²) in [7, 11) is 1.70. The molecule has 112 valence electrons. The molecule has 1 aliphatic heterocycles. The van der Waals surface area contributed by atoms with Gasteiger partial charge in [-0.2, -0.15) is 0 Å². The van der Waals surface area contributed by atoms with Crippen molar-refractivity contribution in [1.82, 2.24) is 20.2 Å². The maximum atomic E-state index is 12.0. The molecule has 0 unspecified atom stereocenters. The first kappa shape index (κ1) is 15.0. The van der Waals surface area contributed by atoms with Crippen molar-refractivity contribution in [3.05, 3.63) is 17.2 Å². The topological polar surface area (TPSA) is 59.0 Å². The smallest absolute Gasteiger partial charge is 0.227 e. The van der Waals surface area contributed by atoms with Crippen molar-refractivity contribution >= 4 is 5.91 Å². The molecule has 0 atom stereocenters. The van der Waals surface area contributed by atoms with Crippen LogP contribution in [0.1, 0.15) is 44.4 Å². The van der Waals surface area contributed by atoms with E-state index in [0.29, 0.717) is 6.54 Å². The minimum Gasteiger partial charge on any atom is -0.359 e. The number of carbonyl (C=O) groups is 1. The van der Waals surface area contributed by atoms with Crippen LogP contribution in [0.4, 0.5) is 0 Å². The fourth-order valence-electron chi connectivity index (χ4n) is 2.83. The van der Waals surface area contributed by atoms with Crippen molar-refractivity contribution < 1.29 is 4.79 Å². The quantitative estimate of drug-likeness (QED) is 0.852. The second kappa shape index (κ2) is 5.95. The average Bonchev–Trinajstić information content (AvgIpc) is 2.76. The molecule has 20 heavy (non-hydrogen) atoms. The SMILES string of the molecule is CCCc1nc2c(n1CC(C)(C)C(=O)NC)CCNC2. The molecular formula is C15H26N4O. The highest BCUT2D eigenvalue weighted by Crippen LogP contribution is 2.24. The van der Waals surface area contributed by atoms with Crippen LogP contribution in [0.25, 0.3) is 0 Å². The molecule has 1 aromatic rings. The maximum absolute atomic E-state index is 12.0. The van der Waals surface area contributed by atoms with E-state index in [1.807, 2.05) is 13.8 Å². The van der Waals surface area contributed by atoms with Crippen LogP contribution in [0.5, 0.6) is 0 Å². The van der Waals surface area contributed by atoms with Crippen LogP contribution in [0, 0.1) is 5.41 Å². The summed E-state index contributed by atoms with van der Waals surface area (Å²) in [5.74, 6) is 1.20. The number of rotatable bonds is 5. The third-order valence-electron chi connectivity index (χ3n) is 3.93. The molecule has 2 heterocycles. The van der Waals surface area contributed by atoms with Gasteiger partial charge < -0.3 is 15.2 Å². The van der Waals surface area contributed by atoms with Crippen LogP contribution in [0.15, 0.2) is 0 Å². The molecule has 1 aromatic heterocycles. The number of aromatic nitrogens is 2. The van der Waals surface area contributed by atoms with Crippen molar-refractivity contribution in [1.29, 1.82) is 0 Å². The second-order valence-corrected chi connectivity index (χ2v) is 6.15. The van der Waals surface area contributed by atoms with Crippen molar-refractivity contribution in [3.63, 3.8) is 0 Å². The van der Waals surface area contributed by atoms with E-state index in [1.54, 1.807) is 7.05 Å². The van der Waals surface area contributed by atoms with Gasteiger partial charge in [-0.25, -0.2) is 4.98 Å². The van der Waals surface area contributed by atoms with Gasteiger partial charge in [-0.3, -0.25) is 4.79 Å². The Labute approximate surface area is 121 Å². The van der Waals surface area contributed by atoms with Gasteiger partial charge >= 0.3 is 0 Å². The Morgan fingerprint density at radius 2 is 2.25 bits per heavy atom. The Morgan fingerprint density at radius 1 is 1.50 bits per heavy atom. The van der Waals surface area contributed by atoms with Gasteiger partial charge in [0, 0.05) is 45.2 Å². The molecular weight excluding hydrogens is 252 g/mol. The molecule has 1 amide bonds. The van der Waals surface area contributed by atoms with Gasteiger partial charge in [-0.15, -0.1) is 0 Å². The molecule has 0 radical (unpaired) electrons. The van der Waals surface area contributed by atoms with Gasteiger partial charge in [0.2, 0.25) is 5.91 Å². The Morgan fingerprint density at radius 3 is 2.90 bits per heavy atom. The minimum absolute atomic E-state index is 0.0799. The first-order valence-corrected chi connectivity index (χ1v) is 7.49. The Kier molecular flexibility index (Phi) is 4.48. The maximum Gasteiger partial charge on any atom is 0.227 e. The van der Waals surface area contributed by atoms with Gasteiger partial charge in [0.25, 0.3) is 0 Å². The highest BCUT2D eigenvalue weighted by Gasteiger charge is 2.30. The van der Waals surface area contributed by atoms with E-state index in [1.165, 1.54) is 5.69 Å². The van der Waals surface area contributed by atoms with E-state index >= 15 is 0 Å². The van der Waals surface area contributed by atoms with E-state index in [-0.39, 0.29) is 5.91 Å². The molecule has 5 heteroatoms. The highest BCUT2D eigenvalue weighted by atomic mass is 16.2. The summed E-state index contributed by atoms with van der Waals surface area (Å²) in [4.78, 5) is 16.8. The van der Waals surface area contributed by atoms with Gasteiger partial charge in [-0.05, 0) is 20.3 Å². The van der Waals surface area contributed by atoms with E-state index < -0.39 is 5.41 Å². The number of fused-ring (bicyclic) bond motifs is 1. The standard InChI is InChI=1S/C15H26N4O/c1-5-6-13-18-11-9-17-8-7-12(11)19(13)10-15(2,3)14(20)16-4/h17H,5-10H2,1-4H3,(H,16,20). The molecule has 0 fully saturated rings. The third-order valence-corrected chi connectivity index (χ3v) is 3.93. The van der Waals surface area contributed by atoms with Crippen molar-refractivity contribution in [2.45, 2.75) is 53.1 Å². The summed E-state index contributed by atoms with van der Waals surface area (Å²) in [5.41, 5.74) is 2.05. The molecule has 0 aliphatic carbocycles. The first-order valence-electron chi connectivity index (χ1n) is 7.49. The summed E-state index contributed by atoms with van der Waals surface area (Å²) < 4.78 is 2.29. The third kappa shape index (κ3) is 2.87. The zero-order chi connectivity index (χ0) is 14.8. The Bertz CT molecular complexity index is 490. The Hall–Kier alpha value is -1.36. The van der Waals surface area contributed by atoms with Crippen LogP contribution < -0.4 is 10.6 Å². The highest BCUT2D eigenvalue weighted by molar-refractivity contribution is 5.81. The van der Waals surface area contributed by atoms with E-state index in [4.69, 9.17) is 4.98 Å². The molecule has 2 N–H and O–H groups in total. The number of amides is 1. The fourth-order valence-corrected chi connectivity index (χ4v) is 2.83. The zero-order valence-corrected chi connectivity index (χ0v) is 13.0. The minimum atomic E-state index is -0.420. The summed E-state index contributed by atoms with van der Waals surface area (Å²) in [6, 6.07) is 0. The zero-order valence-electron chi connectivity index (χ0n) is 13.0. The van der Waals surface area contributed by atoms with E-state index in [0.717, 1.165) is 43.9 Å². The molecule has 0 bridgehead atoms. The molecule has 1 aliphatic rings. The van der Waals surface area contributed by atoms with Gasteiger partial charge in [0.05, 0.1) is 11.1 Å². The average molecular weight is 278 g/mol. The number of carbonyl (C=O) groups excluding carboxylic acids is 1. The lowest BCUT2D eigenvalue weighted by atomic mass is 9.91. The normalized spacial score (nSPS) is 15.0. The molecule has 0 saturated carbocycles. The van der Waals surface area contributed by atoms with Gasteiger partial charge in [0.1, 0.15) is 5.82 Å². The molecule has 0 spiro atoms. The van der Waals surface area contributed by atoms with Crippen molar-refractivity contribution in [2.24, 2.45) is 5.41 Å². The van der Waals surface area contributed by atoms with Crippen molar-refractivity contribution in [2.75, 3.05) is 13.6 Å². The van der Waals surface area contributed by atoms with E-state index in [2.05, 4.69) is 22.1 Å². The number of hydrogen-bond donors (Lipinski definition) is 2. The largest absolute Gasteiger partial charge is 0.359 e. The van der Waals surface area contributed by atoms with Crippen LogP contribution in [0.3, 0.4) is 0 Å². The van der Waals surface area contributed by atoms with Crippen molar-refractivity contribution in [3.8, 4) is 0 Å². The summed E-state index contributed by atoms with van der Waals surface area (Å²) >= 11 is 0. The molecule has 5 nitrogen and oxygen atoms in total. The Balaban J connectivity index is 2.34. The number of nitrogens with one attached hydrogen (secondary N) is 2. The predicted octanol–water partition coefficient (Wildman–Crippen LogP) is 1.25. The summed E-state index contributed by atoms with van der Waals surface area (Å²) in [6.07, 6.45) is 3.04. The van der Waals surface area contributed by atoms with Crippen LogP contribution in [-0.2, 0) is 30.7 Å². The number of nitrogens with zero attached hydrogens (tertiary/aromatic N) is 2. The number of aryl methyl sites for hydroxylation is 1. The fraction of sp³-hybridized carbons (Fsp3) is 0.733. The number of imidazole rings is 1. The molecule has 0 aromatic carbocycles. The van der Waals surface area contributed by atoms with Gasteiger partial charge in [-0.1, -0.05) is 6.92 Å². The van der Waals surface area contributed by atoms with Crippen LogP contribution in [0.2, 0.25) is 0 Å². The summed E-state index contributed by atoms with van der Waals surface area (Å²) in [6.45, 7) is 8.69. The van der Waals surface area contributed by atoms with E-state index in [9.17, 15) is 4.79 Å². The predicted molar refractivity (Wildman–Crippen MR) is 79.5 cm³/mol. The monoisotopic (exact) mass is 278 g/mol. The first-order chi connectivity index (χ1) is 9.49. The number of hydrogen-bond acceptors (Lipinski definition) is 3. The van der Waals surface area contributed by atoms with Gasteiger partial charge in [0.15, 0.2) is 0 Å². The second-order valence-electron chi connectivity index (χ2n) is 6.15.